The van der Waals surface area contributed by atoms with Crippen molar-refractivity contribution in [2.24, 2.45) is 0 Å². The highest BCUT2D eigenvalue weighted by molar-refractivity contribution is 5.90. The normalized spacial score (nSPS) is 10.4. The second kappa shape index (κ2) is 4.97. The number of nitrogens with zero attached hydrogens (tertiary/aromatic N) is 2. The van der Waals surface area contributed by atoms with Crippen molar-refractivity contribution in [1.29, 1.82) is 0 Å². The number of rotatable bonds is 3. The summed E-state index contributed by atoms with van der Waals surface area (Å²) in [7, 11) is 0. The number of hydrogen-bond donors (Lipinski definition) is 1. The van der Waals surface area contributed by atoms with E-state index in [4.69, 9.17) is 9.84 Å². The first-order valence-corrected chi connectivity index (χ1v) is 5.95. The lowest BCUT2D eigenvalue weighted by atomic mass is 10.2. The molecule has 3 rings (SSSR count). The number of ether oxygens (including phenoxy) is 1. The van der Waals surface area contributed by atoms with Crippen molar-refractivity contribution in [2.75, 3.05) is 0 Å². The molecule has 3 aromatic rings. The molecule has 1 N–H and O–H groups in total. The number of carboxylic acids is 1. The Morgan fingerprint density at radius 3 is 2.70 bits per heavy atom. The molecule has 1 aromatic carbocycles. The second-order valence-corrected chi connectivity index (χ2v) is 4.09. The van der Waals surface area contributed by atoms with E-state index in [-0.39, 0.29) is 11.4 Å². The third-order valence-corrected chi connectivity index (χ3v) is 2.82. The quantitative estimate of drug-likeness (QED) is 0.788. The van der Waals surface area contributed by atoms with Crippen molar-refractivity contribution in [3.8, 4) is 11.6 Å². The molecule has 0 aliphatic carbocycles. The molecule has 2 heterocycles. The van der Waals surface area contributed by atoms with Crippen LogP contribution in [0.15, 0.2) is 54.9 Å². The fourth-order valence-corrected chi connectivity index (χ4v) is 1.91. The van der Waals surface area contributed by atoms with Crippen LogP contribution in [0.4, 0.5) is 0 Å². The lowest BCUT2D eigenvalue weighted by Gasteiger charge is -2.09. The van der Waals surface area contributed by atoms with Gasteiger partial charge in [0.25, 0.3) is 0 Å². The lowest BCUT2D eigenvalue weighted by Crippen LogP contribution is -2.03. The molecule has 0 atom stereocenters. The molecule has 0 aliphatic rings. The van der Waals surface area contributed by atoms with E-state index >= 15 is 0 Å². The predicted octanol–water partition coefficient (Wildman–Crippen LogP) is 3.12. The van der Waals surface area contributed by atoms with Crippen LogP contribution in [0.25, 0.3) is 10.8 Å². The average molecular weight is 266 g/mol. The van der Waals surface area contributed by atoms with E-state index in [1.54, 1.807) is 18.3 Å². The van der Waals surface area contributed by atoms with Gasteiger partial charge >= 0.3 is 5.97 Å². The molecule has 0 spiro atoms. The summed E-state index contributed by atoms with van der Waals surface area (Å²) in [5, 5.41) is 10.9. The number of carbonyl (C=O) groups is 1. The Bertz CT molecular complexity index is 781. The number of pyridine rings is 2. The van der Waals surface area contributed by atoms with Gasteiger partial charge in [-0.25, -0.2) is 14.8 Å². The minimum absolute atomic E-state index is 0.137. The third-order valence-electron chi connectivity index (χ3n) is 2.82. The van der Waals surface area contributed by atoms with E-state index in [0.29, 0.717) is 5.88 Å². The number of hydrogen-bond acceptors (Lipinski definition) is 4. The van der Waals surface area contributed by atoms with Gasteiger partial charge in [-0.1, -0.05) is 18.2 Å². The molecule has 0 fully saturated rings. The molecule has 5 heteroatoms. The van der Waals surface area contributed by atoms with E-state index in [0.717, 1.165) is 10.8 Å². The maximum atomic E-state index is 11.1. The molecular weight excluding hydrogens is 256 g/mol. The first-order valence-electron chi connectivity index (χ1n) is 5.95. The molecule has 2 aromatic heterocycles. The molecule has 20 heavy (non-hydrogen) atoms. The van der Waals surface area contributed by atoms with Gasteiger partial charge in [-0.15, -0.1) is 0 Å². The van der Waals surface area contributed by atoms with E-state index in [2.05, 4.69) is 9.97 Å². The molecule has 5 nitrogen and oxygen atoms in total. The van der Waals surface area contributed by atoms with Crippen molar-refractivity contribution < 1.29 is 14.6 Å². The zero-order valence-electron chi connectivity index (χ0n) is 10.4. The Kier molecular flexibility index (Phi) is 3.01. The molecular formula is C15H10N2O3. The fraction of sp³-hybridized carbons (Fsp3) is 0. The SMILES string of the molecule is O=C(O)c1ncccc1Oc1nccc2ccccc12. The van der Waals surface area contributed by atoms with Gasteiger partial charge in [0.05, 0.1) is 0 Å². The van der Waals surface area contributed by atoms with E-state index in [9.17, 15) is 4.79 Å². The summed E-state index contributed by atoms with van der Waals surface area (Å²) in [5.74, 6) is -0.608. The van der Waals surface area contributed by atoms with Crippen LogP contribution in [0, 0.1) is 0 Å². The number of benzene rings is 1. The van der Waals surface area contributed by atoms with Crippen molar-refractivity contribution >= 4 is 16.7 Å². The molecule has 0 saturated carbocycles. The average Bonchev–Trinajstić information content (AvgIpc) is 2.48. The third kappa shape index (κ3) is 2.16. The highest BCUT2D eigenvalue weighted by atomic mass is 16.5. The van der Waals surface area contributed by atoms with Gasteiger partial charge in [0.2, 0.25) is 5.88 Å². The van der Waals surface area contributed by atoms with Gasteiger partial charge in [0.1, 0.15) is 0 Å². The Balaban J connectivity index is 2.08. The Labute approximate surface area is 114 Å². The zero-order valence-corrected chi connectivity index (χ0v) is 10.4. The Hall–Kier alpha value is -2.95. The smallest absolute Gasteiger partial charge is 0.358 e. The van der Waals surface area contributed by atoms with E-state index in [1.807, 2.05) is 30.3 Å². The van der Waals surface area contributed by atoms with Crippen LogP contribution in [0.5, 0.6) is 11.6 Å². The van der Waals surface area contributed by atoms with Gasteiger partial charge in [0, 0.05) is 17.8 Å². The Morgan fingerprint density at radius 1 is 1.00 bits per heavy atom. The van der Waals surface area contributed by atoms with Crippen LogP contribution in [0.1, 0.15) is 10.5 Å². The largest absolute Gasteiger partial charge is 0.476 e. The van der Waals surface area contributed by atoms with Crippen molar-refractivity contribution in [3.63, 3.8) is 0 Å². The first kappa shape index (κ1) is 12.1. The molecule has 0 bridgehead atoms. The lowest BCUT2D eigenvalue weighted by molar-refractivity contribution is 0.0687. The minimum atomic E-state index is -1.14. The summed E-state index contributed by atoms with van der Waals surface area (Å²) in [6.45, 7) is 0. The molecule has 0 unspecified atom stereocenters. The first-order chi connectivity index (χ1) is 9.75. The van der Waals surface area contributed by atoms with Crippen LogP contribution in [-0.2, 0) is 0 Å². The maximum Gasteiger partial charge on any atom is 0.358 e. The van der Waals surface area contributed by atoms with Crippen LogP contribution in [0.3, 0.4) is 0 Å². The predicted molar refractivity (Wildman–Crippen MR) is 73.0 cm³/mol. The van der Waals surface area contributed by atoms with Crippen LogP contribution in [0.2, 0.25) is 0 Å². The highest BCUT2D eigenvalue weighted by Crippen LogP contribution is 2.28. The van der Waals surface area contributed by atoms with Gasteiger partial charge in [-0.2, -0.15) is 0 Å². The number of fused-ring (bicyclic) bond motifs is 1. The zero-order chi connectivity index (χ0) is 13.9. The standard InChI is InChI=1S/C15H10N2O3/c18-15(19)13-12(6-3-8-16-13)20-14-11-5-2-1-4-10(11)7-9-17-14/h1-9H,(H,18,19). The van der Waals surface area contributed by atoms with Crippen molar-refractivity contribution in [1.82, 2.24) is 9.97 Å². The molecule has 0 radical (unpaired) electrons. The van der Waals surface area contributed by atoms with Crippen molar-refractivity contribution in [3.05, 3.63) is 60.6 Å². The molecule has 98 valence electrons. The van der Waals surface area contributed by atoms with Crippen LogP contribution in [-0.4, -0.2) is 21.0 Å². The summed E-state index contributed by atoms with van der Waals surface area (Å²) in [6, 6.07) is 12.6. The van der Waals surface area contributed by atoms with Crippen LogP contribution < -0.4 is 4.74 Å². The Morgan fingerprint density at radius 2 is 1.85 bits per heavy atom. The van der Waals surface area contributed by atoms with Gasteiger partial charge in [-0.3, -0.25) is 0 Å². The van der Waals surface area contributed by atoms with E-state index < -0.39 is 5.97 Å². The fourth-order valence-electron chi connectivity index (χ4n) is 1.91. The second-order valence-electron chi connectivity index (χ2n) is 4.09. The molecule has 0 aliphatic heterocycles. The summed E-state index contributed by atoms with van der Waals surface area (Å²) >= 11 is 0. The summed E-state index contributed by atoms with van der Waals surface area (Å²) < 4.78 is 5.63. The highest BCUT2D eigenvalue weighted by Gasteiger charge is 2.14. The van der Waals surface area contributed by atoms with Crippen LogP contribution >= 0.6 is 0 Å². The van der Waals surface area contributed by atoms with Crippen molar-refractivity contribution in [2.45, 2.75) is 0 Å². The number of aromatic carboxylic acids is 1. The summed E-state index contributed by atoms with van der Waals surface area (Å²) in [4.78, 5) is 19.1. The maximum absolute atomic E-state index is 11.1. The van der Waals surface area contributed by atoms with Gasteiger partial charge < -0.3 is 9.84 Å². The number of carboxylic acid groups (broad SMARTS) is 1. The summed E-state index contributed by atoms with van der Waals surface area (Å²) in [6.07, 6.45) is 3.03. The summed E-state index contributed by atoms with van der Waals surface area (Å²) in [5.41, 5.74) is -0.137. The molecule has 0 amide bonds. The number of aromatic nitrogens is 2. The molecule has 0 saturated heterocycles. The monoisotopic (exact) mass is 266 g/mol. The van der Waals surface area contributed by atoms with Gasteiger partial charge in [0.15, 0.2) is 11.4 Å². The topological polar surface area (TPSA) is 72.3 Å². The minimum Gasteiger partial charge on any atom is -0.476 e. The van der Waals surface area contributed by atoms with Gasteiger partial charge in [-0.05, 0) is 29.7 Å². The van der Waals surface area contributed by atoms with E-state index in [1.165, 1.54) is 6.20 Å².